The summed E-state index contributed by atoms with van der Waals surface area (Å²) < 4.78 is 0. The monoisotopic (exact) mass is 182 g/mol. The van der Waals surface area contributed by atoms with Crippen molar-refractivity contribution in [1.29, 1.82) is 0 Å². The second kappa shape index (κ2) is 4.88. The lowest BCUT2D eigenvalue weighted by molar-refractivity contribution is -0.135. The number of nitrogens with zero attached hydrogens (tertiary/aromatic N) is 1. The van der Waals surface area contributed by atoms with Gasteiger partial charge >= 0.3 is 0 Å². The molecule has 0 unspecified atom stereocenters. The van der Waals surface area contributed by atoms with Crippen molar-refractivity contribution in [3.8, 4) is 12.3 Å². The highest BCUT2D eigenvalue weighted by molar-refractivity contribution is 5.86. The molecule has 0 aliphatic rings. The van der Waals surface area contributed by atoms with Gasteiger partial charge in [-0.3, -0.25) is 4.79 Å². The number of terminal acetylenes is 1. The molecule has 0 fully saturated rings. The molecule has 0 saturated carbocycles. The van der Waals surface area contributed by atoms with E-state index in [9.17, 15) is 4.79 Å². The molecule has 0 saturated heterocycles. The summed E-state index contributed by atoms with van der Waals surface area (Å²) in [6, 6.07) is 0. The van der Waals surface area contributed by atoms with Crippen LogP contribution in [-0.2, 0) is 4.79 Å². The third-order valence-electron chi connectivity index (χ3n) is 2.36. The minimum Gasteiger partial charge on any atom is -0.333 e. The van der Waals surface area contributed by atoms with Gasteiger partial charge in [0.1, 0.15) is 0 Å². The summed E-state index contributed by atoms with van der Waals surface area (Å²) in [6.45, 7) is 4.13. The van der Waals surface area contributed by atoms with Crippen LogP contribution in [0, 0.1) is 12.3 Å². The summed E-state index contributed by atoms with van der Waals surface area (Å²) in [5.74, 6) is 2.34. The molecule has 3 nitrogen and oxygen atoms in total. The number of rotatable bonds is 4. The predicted octanol–water partition coefficient (Wildman–Crippen LogP) is 0.595. The minimum absolute atomic E-state index is 0.0737. The molecule has 1 amide bonds. The van der Waals surface area contributed by atoms with E-state index in [1.165, 1.54) is 4.90 Å². The molecule has 0 aromatic rings. The van der Waals surface area contributed by atoms with Crippen molar-refractivity contribution >= 4 is 5.91 Å². The van der Waals surface area contributed by atoms with Crippen molar-refractivity contribution in [3.63, 3.8) is 0 Å². The van der Waals surface area contributed by atoms with Gasteiger partial charge in [0.05, 0.1) is 12.1 Å². The van der Waals surface area contributed by atoms with Gasteiger partial charge in [0, 0.05) is 7.05 Å². The first-order chi connectivity index (χ1) is 6.01. The van der Waals surface area contributed by atoms with Crippen LogP contribution < -0.4 is 5.73 Å². The van der Waals surface area contributed by atoms with Crippen LogP contribution in [0.3, 0.4) is 0 Å². The summed E-state index contributed by atoms with van der Waals surface area (Å²) >= 11 is 0. The molecule has 74 valence electrons. The van der Waals surface area contributed by atoms with E-state index in [2.05, 4.69) is 5.92 Å². The molecule has 0 aromatic carbocycles. The van der Waals surface area contributed by atoms with Crippen LogP contribution in [-0.4, -0.2) is 29.9 Å². The Hall–Kier alpha value is -1.01. The fourth-order valence-electron chi connectivity index (χ4n) is 1.14. The zero-order chi connectivity index (χ0) is 10.5. The van der Waals surface area contributed by atoms with Gasteiger partial charge in [-0.05, 0) is 12.8 Å². The zero-order valence-electron chi connectivity index (χ0n) is 8.63. The number of amides is 1. The Morgan fingerprint density at radius 1 is 1.54 bits per heavy atom. The maximum atomic E-state index is 11.7. The number of carbonyl (C=O) groups excluding carboxylic acids is 1. The molecule has 13 heavy (non-hydrogen) atoms. The van der Waals surface area contributed by atoms with Crippen LogP contribution in [0.1, 0.15) is 26.7 Å². The Bertz CT molecular complexity index is 213. The molecule has 0 bridgehead atoms. The molecule has 2 N–H and O–H groups in total. The van der Waals surface area contributed by atoms with Crippen LogP contribution in [0.2, 0.25) is 0 Å². The number of nitrogens with two attached hydrogens (primary N) is 1. The third kappa shape index (κ3) is 2.74. The number of hydrogen-bond acceptors (Lipinski definition) is 2. The number of likely N-dealkylation sites (N-methyl/N-ethyl adjacent to an activating group) is 1. The van der Waals surface area contributed by atoms with Gasteiger partial charge in [0.25, 0.3) is 0 Å². The van der Waals surface area contributed by atoms with E-state index in [4.69, 9.17) is 12.2 Å². The number of hydrogen-bond donors (Lipinski definition) is 1. The molecule has 0 atom stereocenters. The Labute approximate surface area is 80.3 Å². The van der Waals surface area contributed by atoms with E-state index >= 15 is 0 Å². The Morgan fingerprint density at radius 3 is 2.31 bits per heavy atom. The van der Waals surface area contributed by atoms with Gasteiger partial charge in [-0.15, -0.1) is 6.42 Å². The average molecular weight is 182 g/mol. The van der Waals surface area contributed by atoms with Gasteiger partial charge in [0.15, 0.2) is 0 Å². The number of carbonyl (C=O) groups is 1. The van der Waals surface area contributed by atoms with Crippen LogP contribution in [0.4, 0.5) is 0 Å². The summed E-state index contributed by atoms with van der Waals surface area (Å²) in [5, 5.41) is 0. The lowest BCUT2D eigenvalue weighted by Gasteiger charge is -2.29. The lowest BCUT2D eigenvalue weighted by Crippen LogP contribution is -2.53. The second-order valence-corrected chi connectivity index (χ2v) is 3.23. The normalized spacial score (nSPS) is 10.7. The highest BCUT2D eigenvalue weighted by Gasteiger charge is 2.31. The quantitative estimate of drug-likeness (QED) is 0.647. The van der Waals surface area contributed by atoms with Crippen molar-refractivity contribution in [2.45, 2.75) is 32.2 Å². The molecular weight excluding hydrogens is 164 g/mol. The van der Waals surface area contributed by atoms with Crippen molar-refractivity contribution in [2.24, 2.45) is 5.73 Å². The lowest BCUT2D eigenvalue weighted by atomic mass is 9.92. The van der Waals surface area contributed by atoms with E-state index in [-0.39, 0.29) is 5.91 Å². The topological polar surface area (TPSA) is 46.3 Å². The molecule has 0 heterocycles. The first-order valence-corrected chi connectivity index (χ1v) is 4.49. The van der Waals surface area contributed by atoms with E-state index < -0.39 is 5.54 Å². The third-order valence-corrected chi connectivity index (χ3v) is 2.36. The standard InChI is InChI=1S/C10H18N2O/c1-5-8-12(4)9(13)10(11,6-2)7-3/h1H,6-8,11H2,2-4H3. The summed E-state index contributed by atoms with van der Waals surface area (Å²) in [5.41, 5.74) is 5.17. The first-order valence-electron chi connectivity index (χ1n) is 4.49. The average Bonchev–Trinajstić information content (AvgIpc) is 2.16. The summed E-state index contributed by atoms with van der Waals surface area (Å²) in [4.78, 5) is 13.2. The van der Waals surface area contributed by atoms with Crippen molar-refractivity contribution in [3.05, 3.63) is 0 Å². The largest absolute Gasteiger partial charge is 0.333 e. The van der Waals surface area contributed by atoms with Gasteiger partial charge in [-0.25, -0.2) is 0 Å². The molecular formula is C10H18N2O. The van der Waals surface area contributed by atoms with Gasteiger partial charge in [-0.2, -0.15) is 0 Å². The fraction of sp³-hybridized carbons (Fsp3) is 0.700. The molecule has 0 aromatic heterocycles. The predicted molar refractivity (Wildman–Crippen MR) is 54.0 cm³/mol. The van der Waals surface area contributed by atoms with Crippen LogP contribution in [0.15, 0.2) is 0 Å². The van der Waals surface area contributed by atoms with Crippen molar-refractivity contribution < 1.29 is 4.79 Å². The Balaban J connectivity index is 4.48. The highest BCUT2D eigenvalue weighted by Crippen LogP contribution is 2.13. The van der Waals surface area contributed by atoms with Crippen molar-refractivity contribution in [1.82, 2.24) is 4.90 Å². The molecule has 0 spiro atoms. The summed E-state index contributed by atoms with van der Waals surface area (Å²) in [6.07, 6.45) is 6.38. The van der Waals surface area contributed by atoms with Crippen LogP contribution >= 0.6 is 0 Å². The van der Waals surface area contributed by atoms with Crippen molar-refractivity contribution in [2.75, 3.05) is 13.6 Å². The van der Waals surface area contributed by atoms with E-state index in [1.54, 1.807) is 7.05 Å². The molecule has 3 heteroatoms. The smallest absolute Gasteiger partial charge is 0.243 e. The Morgan fingerprint density at radius 2 is 2.00 bits per heavy atom. The van der Waals surface area contributed by atoms with E-state index in [1.807, 2.05) is 13.8 Å². The molecule has 0 aliphatic heterocycles. The second-order valence-electron chi connectivity index (χ2n) is 3.23. The molecule has 0 rings (SSSR count). The maximum Gasteiger partial charge on any atom is 0.243 e. The van der Waals surface area contributed by atoms with Gasteiger partial charge in [0.2, 0.25) is 5.91 Å². The van der Waals surface area contributed by atoms with E-state index in [0.29, 0.717) is 19.4 Å². The Kier molecular flexibility index (Phi) is 4.50. The van der Waals surface area contributed by atoms with Gasteiger partial charge in [-0.1, -0.05) is 19.8 Å². The maximum absolute atomic E-state index is 11.7. The first kappa shape index (κ1) is 12.0. The molecule has 0 radical (unpaired) electrons. The SMILES string of the molecule is C#CCN(C)C(=O)C(N)(CC)CC. The van der Waals surface area contributed by atoms with Crippen LogP contribution in [0.25, 0.3) is 0 Å². The highest BCUT2D eigenvalue weighted by atomic mass is 16.2. The minimum atomic E-state index is -0.744. The fourth-order valence-corrected chi connectivity index (χ4v) is 1.14. The van der Waals surface area contributed by atoms with Gasteiger partial charge < -0.3 is 10.6 Å². The molecule has 0 aliphatic carbocycles. The van der Waals surface area contributed by atoms with Crippen LogP contribution in [0.5, 0.6) is 0 Å². The summed E-state index contributed by atoms with van der Waals surface area (Å²) in [7, 11) is 1.68. The van der Waals surface area contributed by atoms with E-state index in [0.717, 1.165) is 0 Å². The zero-order valence-corrected chi connectivity index (χ0v) is 8.63.